The summed E-state index contributed by atoms with van der Waals surface area (Å²) in [5.41, 5.74) is 6.49. The molecule has 2 aromatic rings. The van der Waals surface area contributed by atoms with Crippen molar-refractivity contribution in [1.82, 2.24) is 0 Å². The zero-order chi connectivity index (χ0) is 16.7. The van der Waals surface area contributed by atoms with Gasteiger partial charge in [-0.25, -0.2) is 0 Å². The molecule has 0 radical (unpaired) electrons. The fourth-order valence-electron chi connectivity index (χ4n) is 2.47. The first kappa shape index (κ1) is 17.1. The molecule has 0 aliphatic heterocycles. The zero-order valence-electron chi connectivity index (χ0n) is 14.6. The van der Waals surface area contributed by atoms with Gasteiger partial charge in [0, 0.05) is 0 Å². The van der Waals surface area contributed by atoms with E-state index in [-0.39, 0.29) is 0 Å². The SMILES string of the molecule is CC/C(C)=C(C)/C=C(/COc1ccccc1)c1ccccc1C. The zero-order valence-corrected chi connectivity index (χ0v) is 14.6. The van der Waals surface area contributed by atoms with Crippen LogP contribution in [0.2, 0.25) is 0 Å². The normalized spacial score (nSPS) is 12.8. The number of para-hydroxylation sites is 1. The molecule has 2 rings (SSSR count). The maximum absolute atomic E-state index is 6.00. The Hall–Kier alpha value is -2.28. The lowest BCUT2D eigenvalue weighted by Gasteiger charge is -2.14. The molecule has 120 valence electrons. The van der Waals surface area contributed by atoms with Crippen LogP contribution in [0.5, 0.6) is 5.75 Å². The Bertz CT molecular complexity index is 693. The van der Waals surface area contributed by atoms with Crippen LogP contribution < -0.4 is 4.74 Å². The van der Waals surface area contributed by atoms with Gasteiger partial charge in [0.2, 0.25) is 0 Å². The van der Waals surface area contributed by atoms with Gasteiger partial charge in [-0.1, -0.05) is 66.6 Å². The van der Waals surface area contributed by atoms with Crippen LogP contribution >= 0.6 is 0 Å². The monoisotopic (exact) mass is 306 g/mol. The second kappa shape index (κ2) is 8.38. The van der Waals surface area contributed by atoms with Crippen molar-refractivity contribution in [2.24, 2.45) is 0 Å². The first-order valence-electron chi connectivity index (χ1n) is 8.22. The highest BCUT2D eigenvalue weighted by Gasteiger charge is 2.07. The topological polar surface area (TPSA) is 9.23 Å². The molecule has 2 aromatic carbocycles. The number of hydrogen-bond acceptors (Lipinski definition) is 1. The summed E-state index contributed by atoms with van der Waals surface area (Å²) in [5.74, 6) is 0.904. The third kappa shape index (κ3) is 4.85. The molecule has 0 heterocycles. The number of ether oxygens (including phenoxy) is 1. The minimum Gasteiger partial charge on any atom is -0.489 e. The quantitative estimate of drug-likeness (QED) is 0.577. The van der Waals surface area contributed by atoms with Crippen molar-refractivity contribution in [1.29, 1.82) is 0 Å². The smallest absolute Gasteiger partial charge is 0.119 e. The molecule has 1 nitrogen and oxygen atoms in total. The number of allylic oxidation sites excluding steroid dienone is 3. The number of benzene rings is 2. The van der Waals surface area contributed by atoms with Crippen LogP contribution in [0.1, 0.15) is 38.3 Å². The summed E-state index contributed by atoms with van der Waals surface area (Å²) in [4.78, 5) is 0. The Kier molecular flexibility index (Phi) is 6.22. The highest BCUT2D eigenvalue weighted by atomic mass is 16.5. The first-order chi connectivity index (χ1) is 11.1. The molecule has 0 aliphatic rings. The Labute approximate surface area is 140 Å². The highest BCUT2D eigenvalue weighted by molar-refractivity contribution is 5.71. The van der Waals surface area contributed by atoms with E-state index in [9.17, 15) is 0 Å². The molecule has 0 N–H and O–H groups in total. The molecule has 23 heavy (non-hydrogen) atoms. The molecule has 0 saturated carbocycles. The molecule has 0 spiro atoms. The van der Waals surface area contributed by atoms with Gasteiger partial charge in [0.1, 0.15) is 12.4 Å². The number of rotatable bonds is 6. The number of hydrogen-bond donors (Lipinski definition) is 0. The average molecular weight is 306 g/mol. The van der Waals surface area contributed by atoms with E-state index in [1.165, 1.54) is 27.8 Å². The van der Waals surface area contributed by atoms with Crippen LogP contribution in [0.3, 0.4) is 0 Å². The van der Waals surface area contributed by atoms with Crippen molar-refractivity contribution >= 4 is 5.57 Å². The summed E-state index contributed by atoms with van der Waals surface area (Å²) >= 11 is 0. The van der Waals surface area contributed by atoms with Crippen molar-refractivity contribution < 1.29 is 4.74 Å². The van der Waals surface area contributed by atoms with Gasteiger partial charge in [0.25, 0.3) is 0 Å². The molecular formula is C22H26O. The summed E-state index contributed by atoms with van der Waals surface area (Å²) in [6, 6.07) is 18.5. The van der Waals surface area contributed by atoms with Gasteiger partial charge in [-0.15, -0.1) is 0 Å². The third-order valence-corrected chi connectivity index (χ3v) is 4.22. The van der Waals surface area contributed by atoms with Gasteiger partial charge >= 0.3 is 0 Å². The summed E-state index contributed by atoms with van der Waals surface area (Å²) in [6.45, 7) is 9.29. The highest BCUT2D eigenvalue weighted by Crippen LogP contribution is 2.23. The molecule has 0 aromatic heterocycles. The van der Waals surface area contributed by atoms with Crippen LogP contribution in [0, 0.1) is 6.92 Å². The molecule has 1 heteroatoms. The van der Waals surface area contributed by atoms with Crippen LogP contribution in [-0.4, -0.2) is 6.61 Å². The van der Waals surface area contributed by atoms with Crippen LogP contribution in [0.4, 0.5) is 0 Å². The van der Waals surface area contributed by atoms with Crippen LogP contribution in [0.25, 0.3) is 5.57 Å². The van der Waals surface area contributed by atoms with E-state index in [1.54, 1.807) is 0 Å². The van der Waals surface area contributed by atoms with Crippen molar-refractivity contribution in [2.75, 3.05) is 6.61 Å². The molecule has 0 amide bonds. The summed E-state index contributed by atoms with van der Waals surface area (Å²) < 4.78 is 6.00. The lowest BCUT2D eigenvalue weighted by atomic mass is 9.97. The van der Waals surface area contributed by atoms with Crippen molar-refractivity contribution in [3.05, 3.63) is 82.9 Å². The van der Waals surface area contributed by atoms with Crippen molar-refractivity contribution in [3.63, 3.8) is 0 Å². The summed E-state index contributed by atoms with van der Waals surface area (Å²) in [6.07, 6.45) is 3.34. The summed E-state index contributed by atoms with van der Waals surface area (Å²) in [5, 5.41) is 0. The van der Waals surface area contributed by atoms with Gasteiger partial charge in [0.05, 0.1) is 0 Å². The van der Waals surface area contributed by atoms with Gasteiger partial charge in [-0.2, -0.15) is 0 Å². The van der Waals surface area contributed by atoms with E-state index in [0.717, 1.165) is 12.2 Å². The Morgan fingerprint density at radius 1 is 0.957 bits per heavy atom. The average Bonchev–Trinajstić information content (AvgIpc) is 2.59. The summed E-state index contributed by atoms with van der Waals surface area (Å²) in [7, 11) is 0. The van der Waals surface area contributed by atoms with Crippen molar-refractivity contribution in [3.8, 4) is 5.75 Å². The molecule has 0 saturated heterocycles. The Morgan fingerprint density at radius 2 is 1.61 bits per heavy atom. The number of aryl methyl sites for hydroxylation is 1. The fourth-order valence-corrected chi connectivity index (χ4v) is 2.47. The molecule has 0 unspecified atom stereocenters. The molecular weight excluding hydrogens is 280 g/mol. The molecule has 0 atom stereocenters. The lowest BCUT2D eigenvalue weighted by Crippen LogP contribution is -2.03. The molecule has 0 aliphatic carbocycles. The predicted octanol–water partition coefficient (Wildman–Crippen LogP) is 6.20. The largest absolute Gasteiger partial charge is 0.489 e. The fraction of sp³-hybridized carbons (Fsp3) is 0.273. The second-order valence-corrected chi connectivity index (χ2v) is 5.90. The van der Waals surface area contributed by atoms with E-state index in [0.29, 0.717) is 6.61 Å². The molecule has 0 bridgehead atoms. The van der Waals surface area contributed by atoms with E-state index >= 15 is 0 Å². The minimum absolute atomic E-state index is 0.573. The van der Waals surface area contributed by atoms with Gasteiger partial charge in [0.15, 0.2) is 0 Å². The molecule has 0 fully saturated rings. The third-order valence-electron chi connectivity index (χ3n) is 4.22. The Morgan fingerprint density at radius 3 is 2.26 bits per heavy atom. The van der Waals surface area contributed by atoms with Gasteiger partial charge in [-0.3, -0.25) is 0 Å². The van der Waals surface area contributed by atoms with Crippen molar-refractivity contribution in [2.45, 2.75) is 34.1 Å². The second-order valence-electron chi connectivity index (χ2n) is 5.90. The van der Waals surface area contributed by atoms with E-state index < -0.39 is 0 Å². The van der Waals surface area contributed by atoms with E-state index in [4.69, 9.17) is 4.74 Å². The first-order valence-corrected chi connectivity index (χ1v) is 8.22. The lowest BCUT2D eigenvalue weighted by molar-refractivity contribution is 0.369. The van der Waals surface area contributed by atoms with Gasteiger partial charge < -0.3 is 4.74 Å². The maximum atomic E-state index is 6.00. The maximum Gasteiger partial charge on any atom is 0.119 e. The van der Waals surface area contributed by atoms with E-state index in [2.05, 4.69) is 58.0 Å². The minimum atomic E-state index is 0.573. The van der Waals surface area contributed by atoms with Crippen LogP contribution in [0.15, 0.2) is 71.8 Å². The standard InChI is InChI=1S/C22H26O/c1-5-17(2)19(4)15-20(22-14-10-9-11-18(22)3)16-23-21-12-7-6-8-13-21/h6-15H,5,16H2,1-4H3/b19-17+,20-15-. The van der Waals surface area contributed by atoms with E-state index in [1.807, 2.05) is 30.3 Å². The predicted molar refractivity (Wildman–Crippen MR) is 99.8 cm³/mol. The van der Waals surface area contributed by atoms with Crippen LogP contribution in [-0.2, 0) is 0 Å². The Balaban J connectivity index is 2.32. The van der Waals surface area contributed by atoms with Gasteiger partial charge in [-0.05, 0) is 56.0 Å².